The highest BCUT2D eigenvalue weighted by molar-refractivity contribution is 6.30. The molecule has 1 saturated heterocycles. The molecule has 1 fully saturated rings. The number of rotatable bonds is 7. The Morgan fingerprint density at radius 2 is 2.06 bits per heavy atom. The molecule has 0 spiro atoms. The zero-order chi connectivity index (χ0) is 24.8. The smallest absolute Gasteiger partial charge is 0.308 e. The van der Waals surface area contributed by atoms with Crippen molar-refractivity contribution >= 4 is 28.5 Å². The van der Waals surface area contributed by atoms with Gasteiger partial charge in [0.15, 0.2) is 0 Å². The van der Waals surface area contributed by atoms with Crippen molar-refractivity contribution in [3.63, 3.8) is 0 Å². The molecular formula is C28H29ClN2O4. The summed E-state index contributed by atoms with van der Waals surface area (Å²) in [5.41, 5.74) is 2.46. The monoisotopic (exact) mass is 492 g/mol. The topological polar surface area (TPSA) is 82.9 Å². The van der Waals surface area contributed by atoms with Crippen molar-refractivity contribution in [2.24, 2.45) is 11.8 Å². The van der Waals surface area contributed by atoms with E-state index in [1.807, 2.05) is 36.4 Å². The Hall–Kier alpha value is -3.11. The van der Waals surface area contributed by atoms with Crippen molar-refractivity contribution in [2.45, 2.75) is 25.4 Å². The molecule has 0 radical (unpaired) electrons. The molecule has 0 amide bonds. The third kappa shape index (κ3) is 6.32. The van der Waals surface area contributed by atoms with E-state index in [9.17, 15) is 15.0 Å². The molecule has 0 saturated carbocycles. The van der Waals surface area contributed by atoms with Crippen LogP contribution in [0.3, 0.4) is 0 Å². The summed E-state index contributed by atoms with van der Waals surface area (Å²) in [6.07, 6.45) is 2.87. The summed E-state index contributed by atoms with van der Waals surface area (Å²) in [6.45, 7) is 1.77. The summed E-state index contributed by atoms with van der Waals surface area (Å²) in [7, 11) is 1.61. The van der Waals surface area contributed by atoms with Crippen molar-refractivity contribution < 1.29 is 19.7 Å². The van der Waals surface area contributed by atoms with Gasteiger partial charge in [0.2, 0.25) is 0 Å². The minimum absolute atomic E-state index is 0.00487. The number of halogens is 1. The molecule has 1 aromatic heterocycles. The second-order valence-corrected chi connectivity index (χ2v) is 9.35. The van der Waals surface area contributed by atoms with E-state index in [-0.39, 0.29) is 5.92 Å². The van der Waals surface area contributed by atoms with Gasteiger partial charge < -0.3 is 14.9 Å². The number of piperidine rings is 1. The van der Waals surface area contributed by atoms with Gasteiger partial charge in [-0.25, -0.2) is 0 Å². The van der Waals surface area contributed by atoms with Crippen LogP contribution in [0.2, 0.25) is 5.02 Å². The zero-order valence-electron chi connectivity index (χ0n) is 19.7. The highest BCUT2D eigenvalue weighted by atomic mass is 35.5. The van der Waals surface area contributed by atoms with Crippen molar-refractivity contribution in [1.29, 1.82) is 0 Å². The van der Waals surface area contributed by atoms with E-state index >= 15 is 0 Å². The van der Waals surface area contributed by atoms with Crippen LogP contribution in [0.25, 0.3) is 10.9 Å². The fourth-order valence-electron chi connectivity index (χ4n) is 4.72. The average molecular weight is 493 g/mol. The number of methoxy groups -OCH3 is 1. The largest absolute Gasteiger partial charge is 0.497 e. The normalized spacial score (nSPS) is 19.1. The molecule has 3 aromatic rings. The van der Waals surface area contributed by atoms with Crippen LogP contribution >= 0.6 is 11.6 Å². The second-order valence-electron chi connectivity index (χ2n) is 8.91. The van der Waals surface area contributed by atoms with Gasteiger partial charge in [0.1, 0.15) is 5.75 Å². The van der Waals surface area contributed by atoms with Crippen LogP contribution in [0.15, 0.2) is 54.7 Å². The number of carboxylic acids is 1. The fraction of sp³-hybridized carbons (Fsp3) is 0.357. The van der Waals surface area contributed by atoms with E-state index in [0.717, 1.165) is 35.0 Å². The minimum Gasteiger partial charge on any atom is -0.497 e. The van der Waals surface area contributed by atoms with E-state index in [1.54, 1.807) is 25.4 Å². The lowest BCUT2D eigenvalue weighted by Gasteiger charge is -2.36. The SMILES string of the molecule is COc1ccc2nccc(C(O)CC[C@@H]3CCN(CC#Cc4ccc(Cl)cc4)C[C@@H]3C(=O)O)c2c1. The molecule has 1 aliphatic heterocycles. The lowest BCUT2D eigenvalue weighted by Crippen LogP contribution is -2.44. The number of ether oxygens (including phenoxy) is 1. The molecule has 0 aliphatic carbocycles. The third-order valence-electron chi connectivity index (χ3n) is 6.69. The third-order valence-corrected chi connectivity index (χ3v) is 6.94. The van der Waals surface area contributed by atoms with Crippen LogP contribution in [0.1, 0.15) is 36.5 Å². The van der Waals surface area contributed by atoms with Gasteiger partial charge in [-0.1, -0.05) is 23.4 Å². The number of aliphatic hydroxyl groups excluding tert-OH is 1. The van der Waals surface area contributed by atoms with Gasteiger partial charge in [0.25, 0.3) is 0 Å². The van der Waals surface area contributed by atoms with Crippen LogP contribution < -0.4 is 4.74 Å². The first-order valence-corrected chi connectivity index (χ1v) is 12.1. The highest BCUT2D eigenvalue weighted by Gasteiger charge is 2.34. The maximum absolute atomic E-state index is 12.0. The molecule has 0 bridgehead atoms. The number of carbonyl (C=O) groups is 1. The number of benzene rings is 2. The maximum Gasteiger partial charge on any atom is 0.308 e. The van der Waals surface area contributed by atoms with Crippen molar-refractivity contribution in [3.8, 4) is 17.6 Å². The lowest BCUT2D eigenvalue weighted by atomic mass is 9.81. The number of hydrogen-bond acceptors (Lipinski definition) is 5. The van der Waals surface area contributed by atoms with Crippen molar-refractivity contribution in [1.82, 2.24) is 9.88 Å². The molecule has 2 aromatic carbocycles. The van der Waals surface area contributed by atoms with E-state index in [0.29, 0.717) is 36.7 Å². The molecule has 1 aliphatic rings. The molecule has 2 heterocycles. The Morgan fingerprint density at radius 1 is 1.26 bits per heavy atom. The van der Waals surface area contributed by atoms with E-state index in [1.165, 1.54) is 0 Å². The number of hydrogen-bond donors (Lipinski definition) is 2. The van der Waals surface area contributed by atoms with Crippen molar-refractivity contribution in [2.75, 3.05) is 26.7 Å². The van der Waals surface area contributed by atoms with Crippen LogP contribution in [0, 0.1) is 23.7 Å². The summed E-state index contributed by atoms with van der Waals surface area (Å²) in [5.74, 6) is 5.69. The molecule has 6 nitrogen and oxygen atoms in total. The summed E-state index contributed by atoms with van der Waals surface area (Å²) >= 11 is 5.91. The minimum atomic E-state index is -0.793. The van der Waals surface area contributed by atoms with Gasteiger partial charge in [0.05, 0.1) is 31.2 Å². The first-order chi connectivity index (χ1) is 16.9. The van der Waals surface area contributed by atoms with Gasteiger partial charge in [-0.15, -0.1) is 0 Å². The number of likely N-dealkylation sites (tertiary alicyclic amines) is 1. The first kappa shape index (κ1) is 25.0. The molecule has 35 heavy (non-hydrogen) atoms. The Morgan fingerprint density at radius 3 is 2.80 bits per heavy atom. The number of aliphatic carboxylic acids is 1. The molecule has 7 heteroatoms. The lowest BCUT2D eigenvalue weighted by molar-refractivity contribution is -0.146. The van der Waals surface area contributed by atoms with Crippen LogP contribution in [-0.4, -0.2) is 52.8 Å². The average Bonchev–Trinajstić information content (AvgIpc) is 2.88. The van der Waals surface area contributed by atoms with Gasteiger partial charge >= 0.3 is 5.97 Å². The van der Waals surface area contributed by atoms with Gasteiger partial charge in [-0.05, 0) is 85.8 Å². The van der Waals surface area contributed by atoms with Gasteiger partial charge in [0, 0.05) is 28.7 Å². The van der Waals surface area contributed by atoms with Crippen LogP contribution in [-0.2, 0) is 4.79 Å². The number of carboxylic acid groups (broad SMARTS) is 1. The summed E-state index contributed by atoms with van der Waals surface area (Å²) < 4.78 is 5.33. The van der Waals surface area contributed by atoms with Crippen LogP contribution in [0.4, 0.5) is 0 Å². The summed E-state index contributed by atoms with van der Waals surface area (Å²) in [5, 5.41) is 22.4. The van der Waals surface area contributed by atoms with Crippen molar-refractivity contribution in [3.05, 3.63) is 70.9 Å². The Balaban J connectivity index is 1.37. The number of nitrogens with zero attached hydrogens (tertiary/aromatic N) is 2. The Bertz CT molecular complexity index is 1240. The predicted octanol–water partition coefficient (Wildman–Crippen LogP) is 4.78. The summed E-state index contributed by atoms with van der Waals surface area (Å²) in [4.78, 5) is 18.5. The highest BCUT2D eigenvalue weighted by Crippen LogP contribution is 2.33. The number of aromatic nitrogens is 1. The van der Waals surface area contributed by atoms with Crippen LogP contribution in [0.5, 0.6) is 5.75 Å². The number of aliphatic hydroxyl groups is 1. The Kier molecular flexibility index (Phi) is 8.25. The molecule has 3 atom stereocenters. The number of pyridine rings is 1. The molecule has 1 unspecified atom stereocenters. The van der Waals surface area contributed by atoms with Gasteiger partial charge in [-0.2, -0.15) is 0 Å². The summed E-state index contributed by atoms with van der Waals surface area (Å²) in [6, 6.07) is 14.8. The Labute approximate surface area is 210 Å². The number of fused-ring (bicyclic) bond motifs is 1. The van der Waals surface area contributed by atoms with E-state index in [4.69, 9.17) is 16.3 Å². The standard InChI is InChI=1S/C28H29ClN2O4/c1-35-22-9-10-26-24(17-22)23(12-14-30-26)27(32)11-6-20-13-16-31(18-25(20)28(33)34)15-2-3-19-4-7-21(29)8-5-19/h4-5,7-10,12,14,17,20,25,27,32H,6,11,13,15-16,18H2,1H3,(H,33,34)/t20-,25+,27?/m1/s1. The maximum atomic E-state index is 12.0. The van der Waals surface area contributed by atoms with E-state index < -0.39 is 18.0 Å². The van der Waals surface area contributed by atoms with Gasteiger partial charge in [-0.3, -0.25) is 14.7 Å². The molecule has 2 N–H and O–H groups in total. The second kappa shape index (κ2) is 11.5. The first-order valence-electron chi connectivity index (χ1n) is 11.7. The molecule has 4 rings (SSSR count). The predicted molar refractivity (Wildman–Crippen MR) is 136 cm³/mol. The zero-order valence-corrected chi connectivity index (χ0v) is 20.4. The van der Waals surface area contributed by atoms with E-state index in [2.05, 4.69) is 21.7 Å². The fourth-order valence-corrected chi connectivity index (χ4v) is 4.84. The molecular weight excluding hydrogens is 464 g/mol. The molecule has 182 valence electrons. The quantitative estimate of drug-likeness (QED) is 0.462.